The van der Waals surface area contributed by atoms with Gasteiger partial charge in [-0.15, -0.1) is 0 Å². The molecule has 2 rings (SSSR count). The van der Waals surface area contributed by atoms with Crippen LogP contribution in [-0.2, 0) is 4.79 Å². The van der Waals surface area contributed by atoms with Gasteiger partial charge in [0, 0.05) is 35.8 Å². The third-order valence-corrected chi connectivity index (χ3v) is 4.42. The van der Waals surface area contributed by atoms with Crippen molar-refractivity contribution in [2.45, 2.75) is 26.2 Å². The second-order valence-electron chi connectivity index (χ2n) is 6.25. The van der Waals surface area contributed by atoms with Crippen LogP contribution < -0.4 is 15.0 Å². The Kier molecular flexibility index (Phi) is 9.00. The molecule has 0 unspecified atom stereocenters. The fourth-order valence-electron chi connectivity index (χ4n) is 2.73. The minimum Gasteiger partial charge on any atom is -0.494 e. The molecule has 0 radical (unpaired) electrons. The van der Waals surface area contributed by atoms with Crippen LogP contribution in [0.2, 0.25) is 5.02 Å². The number of nitrogens with one attached hydrogen (secondary N) is 1. The van der Waals surface area contributed by atoms with E-state index in [0.717, 1.165) is 11.4 Å². The molecule has 6 nitrogen and oxygen atoms in total. The van der Waals surface area contributed by atoms with Crippen molar-refractivity contribution in [1.82, 2.24) is 5.32 Å². The Balaban J connectivity index is 1.88. The highest BCUT2D eigenvalue weighted by atomic mass is 35.5. The molecule has 0 atom stereocenters. The van der Waals surface area contributed by atoms with Crippen LogP contribution in [0.25, 0.3) is 0 Å². The van der Waals surface area contributed by atoms with Crippen LogP contribution in [0.1, 0.15) is 36.5 Å². The number of anilines is 1. The zero-order valence-corrected chi connectivity index (χ0v) is 17.1. The summed E-state index contributed by atoms with van der Waals surface area (Å²) in [7, 11) is 0. The van der Waals surface area contributed by atoms with E-state index in [1.807, 2.05) is 19.1 Å². The molecule has 0 saturated heterocycles. The van der Waals surface area contributed by atoms with Gasteiger partial charge in [-0.3, -0.25) is 9.59 Å². The van der Waals surface area contributed by atoms with Crippen molar-refractivity contribution in [3.05, 3.63) is 59.1 Å². The van der Waals surface area contributed by atoms with Gasteiger partial charge in [0.2, 0.25) is 5.91 Å². The quantitative estimate of drug-likeness (QED) is 0.592. The molecule has 0 heterocycles. The fraction of sp³-hybridized carbons (Fsp3) is 0.318. The average molecular weight is 414 g/mol. The SMILES string of the molecule is CCOc1ccc(N(CCC#N)C(=O)CCCNC(=O)c2ccc(Cl)cc2)cc1. The summed E-state index contributed by atoms with van der Waals surface area (Å²) >= 11 is 5.82. The molecule has 0 bridgehead atoms. The highest BCUT2D eigenvalue weighted by molar-refractivity contribution is 6.30. The van der Waals surface area contributed by atoms with Crippen molar-refractivity contribution in [1.29, 1.82) is 5.26 Å². The van der Waals surface area contributed by atoms with Gasteiger partial charge in [0.1, 0.15) is 5.75 Å². The van der Waals surface area contributed by atoms with Gasteiger partial charge >= 0.3 is 0 Å². The Morgan fingerprint density at radius 1 is 1.14 bits per heavy atom. The largest absolute Gasteiger partial charge is 0.494 e. The molecule has 0 saturated carbocycles. The number of hydrogen-bond acceptors (Lipinski definition) is 4. The number of nitriles is 1. The number of carbonyl (C=O) groups is 2. The van der Waals surface area contributed by atoms with E-state index < -0.39 is 0 Å². The molecule has 0 fully saturated rings. The van der Waals surface area contributed by atoms with E-state index in [1.165, 1.54) is 0 Å². The first-order valence-corrected chi connectivity index (χ1v) is 9.87. The molecule has 0 aliphatic heterocycles. The molecule has 2 aromatic rings. The van der Waals surface area contributed by atoms with Crippen molar-refractivity contribution in [3.8, 4) is 11.8 Å². The van der Waals surface area contributed by atoms with E-state index in [9.17, 15) is 9.59 Å². The van der Waals surface area contributed by atoms with Crippen molar-refractivity contribution in [3.63, 3.8) is 0 Å². The second-order valence-corrected chi connectivity index (χ2v) is 6.68. The number of carbonyl (C=O) groups excluding carboxylic acids is 2. The molecule has 0 spiro atoms. The predicted molar refractivity (Wildman–Crippen MR) is 113 cm³/mol. The lowest BCUT2D eigenvalue weighted by Gasteiger charge is -2.22. The predicted octanol–water partition coefficient (Wildman–Crippen LogP) is 4.20. The summed E-state index contributed by atoms with van der Waals surface area (Å²) in [6.45, 7) is 3.17. The van der Waals surface area contributed by atoms with E-state index in [2.05, 4.69) is 11.4 Å². The molecular weight excluding hydrogens is 390 g/mol. The van der Waals surface area contributed by atoms with Crippen molar-refractivity contribution in [2.24, 2.45) is 0 Å². The van der Waals surface area contributed by atoms with Crippen LogP contribution in [0.4, 0.5) is 5.69 Å². The average Bonchev–Trinajstić information content (AvgIpc) is 2.73. The van der Waals surface area contributed by atoms with E-state index in [-0.39, 0.29) is 24.7 Å². The van der Waals surface area contributed by atoms with Crippen LogP contribution >= 0.6 is 11.6 Å². The number of hydrogen-bond donors (Lipinski definition) is 1. The third kappa shape index (κ3) is 7.13. The molecule has 29 heavy (non-hydrogen) atoms. The van der Waals surface area contributed by atoms with Crippen LogP contribution in [-0.4, -0.2) is 31.5 Å². The fourth-order valence-corrected chi connectivity index (χ4v) is 2.85. The second kappa shape index (κ2) is 11.7. The lowest BCUT2D eigenvalue weighted by Crippen LogP contribution is -2.32. The molecule has 1 N–H and O–H groups in total. The molecule has 0 aromatic heterocycles. The molecule has 7 heteroatoms. The third-order valence-electron chi connectivity index (χ3n) is 4.17. The Bertz CT molecular complexity index is 845. The molecule has 0 aliphatic carbocycles. The Morgan fingerprint density at radius 2 is 1.83 bits per heavy atom. The minimum atomic E-state index is -0.207. The summed E-state index contributed by atoms with van der Waals surface area (Å²) < 4.78 is 5.42. The topological polar surface area (TPSA) is 82.4 Å². The summed E-state index contributed by atoms with van der Waals surface area (Å²) in [5, 5.41) is 12.3. The van der Waals surface area contributed by atoms with Gasteiger partial charge in [-0.2, -0.15) is 5.26 Å². The van der Waals surface area contributed by atoms with E-state index in [1.54, 1.807) is 41.3 Å². The zero-order valence-electron chi connectivity index (χ0n) is 16.4. The Morgan fingerprint density at radius 3 is 2.45 bits per heavy atom. The maximum atomic E-state index is 12.7. The molecule has 0 aliphatic rings. The van der Waals surface area contributed by atoms with Gasteiger partial charge in [0.25, 0.3) is 5.91 Å². The van der Waals surface area contributed by atoms with E-state index in [0.29, 0.717) is 36.7 Å². The van der Waals surface area contributed by atoms with Crippen molar-refractivity contribution >= 4 is 29.1 Å². The first-order valence-electron chi connectivity index (χ1n) is 9.49. The van der Waals surface area contributed by atoms with Gasteiger partial charge in [-0.25, -0.2) is 0 Å². The van der Waals surface area contributed by atoms with E-state index in [4.69, 9.17) is 21.6 Å². The van der Waals surface area contributed by atoms with Crippen LogP contribution in [0, 0.1) is 11.3 Å². The maximum Gasteiger partial charge on any atom is 0.251 e. The highest BCUT2D eigenvalue weighted by Gasteiger charge is 2.15. The molecule has 2 aromatic carbocycles. The molecule has 2 amide bonds. The van der Waals surface area contributed by atoms with E-state index >= 15 is 0 Å². The number of halogens is 1. The first-order chi connectivity index (χ1) is 14.0. The van der Waals surface area contributed by atoms with Gasteiger partial charge in [0.05, 0.1) is 19.1 Å². The Labute approximate surface area is 176 Å². The zero-order chi connectivity index (χ0) is 21.1. The summed E-state index contributed by atoms with van der Waals surface area (Å²) in [4.78, 5) is 26.4. The molecule has 152 valence electrons. The Hall–Kier alpha value is -3.04. The molecular formula is C22H24ClN3O3. The smallest absolute Gasteiger partial charge is 0.251 e. The van der Waals surface area contributed by atoms with Gasteiger partial charge in [0.15, 0.2) is 0 Å². The van der Waals surface area contributed by atoms with Gasteiger partial charge in [-0.05, 0) is 61.9 Å². The van der Waals surface area contributed by atoms with Crippen molar-refractivity contribution < 1.29 is 14.3 Å². The number of benzene rings is 2. The summed E-state index contributed by atoms with van der Waals surface area (Å²) in [6.07, 6.45) is 1.00. The van der Waals surface area contributed by atoms with Gasteiger partial charge in [-0.1, -0.05) is 11.6 Å². The summed E-state index contributed by atoms with van der Waals surface area (Å²) in [6, 6.07) is 15.9. The normalized spacial score (nSPS) is 10.1. The standard InChI is InChI=1S/C22H24ClN3O3/c1-2-29-20-12-10-19(11-13-20)26(16-4-14-24)21(27)5-3-15-25-22(28)17-6-8-18(23)9-7-17/h6-13H,2-5,15-16H2,1H3,(H,25,28). The van der Waals surface area contributed by atoms with Crippen LogP contribution in [0.5, 0.6) is 5.75 Å². The minimum absolute atomic E-state index is 0.0925. The van der Waals surface area contributed by atoms with Crippen molar-refractivity contribution in [2.75, 3.05) is 24.6 Å². The number of amides is 2. The number of ether oxygens (including phenoxy) is 1. The number of nitrogens with zero attached hydrogens (tertiary/aromatic N) is 2. The summed E-state index contributed by atoms with van der Waals surface area (Å²) in [5.74, 6) is 0.431. The highest BCUT2D eigenvalue weighted by Crippen LogP contribution is 2.21. The first kappa shape index (κ1) is 22.3. The maximum absolute atomic E-state index is 12.7. The number of rotatable bonds is 10. The van der Waals surface area contributed by atoms with Crippen LogP contribution in [0.3, 0.4) is 0 Å². The lowest BCUT2D eigenvalue weighted by molar-refractivity contribution is -0.118. The van der Waals surface area contributed by atoms with Crippen LogP contribution in [0.15, 0.2) is 48.5 Å². The van der Waals surface area contributed by atoms with Gasteiger partial charge < -0.3 is 15.0 Å². The summed E-state index contributed by atoms with van der Waals surface area (Å²) in [5.41, 5.74) is 1.24. The monoisotopic (exact) mass is 413 g/mol. The lowest BCUT2D eigenvalue weighted by atomic mass is 10.2.